The number of hydrogen-bond donors (Lipinski definition) is 1. The zero-order chi connectivity index (χ0) is 39.1. The van der Waals surface area contributed by atoms with E-state index in [0.29, 0.717) is 28.2 Å². The van der Waals surface area contributed by atoms with Crippen LogP contribution >= 0.6 is 0 Å². The number of fused-ring (bicyclic) bond motifs is 4. The average Bonchev–Trinajstić information content (AvgIpc) is 3.79. The number of rotatable bonds is 9. The number of methoxy groups -OCH3 is 3. The molecule has 56 heavy (non-hydrogen) atoms. The van der Waals surface area contributed by atoms with Crippen molar-refractivity contribution in [3.05, 3.63) is 140 Å². The van der Waals surface area contributed by atoms with Gasteiger partial charge in [-0.05, 0) is 47.0 Å². The Morgan fingerprint density at radius 3 is 2.14 bits per heavy atom. The van der Waals surface area contributed by atoms with Gasteiger partial charge in [0.05, 0.1) is 29.7 Å². The van der Waals surface area contributed by atoms with Crippen molar-refractivity contribution in [3.63, 3.8) is 0 Å². The smallest absolute Gasteiger partial charge is 0.265 e. The van der Waals surface area contributed by atoms with Crippen molar-refractivity contribution in [2.45, 2.75) is 64.4 Å². The van der Waals surface area contributed by atoms with Crippen LogP contribution in [0.5, 0.6) is 17.4 Å². The Labute approximate surface area is 325 Å². The lowest BCUT2D eigenvalue weighted by Crippen LogP contribution is -2.54. The number of aliphatic hydroxyl groups is 1. The number of hydrogen-bond acceptors (Lipinski definition) is 10. The molecule has 1 aromatic heterocycles. The number of Topliss-reactive ketones (excluding diaryl/α,β-unsaturated/α-hetero) is 2. The van der Waals surface area contributed by atoms with Crippen LogP contribution in [0.3, 0.4) is 0 Å². The van der Waals surface area contributed by atoms with Crippen molar-refractivity contribution >= 4 is 22.9 Å². The summed E-state index contributed by atoms with van der Waals surface area (Å²) >= 11 is 0. The number of ether oxygens (including phenoxy) is 5. The highest BCUT2D eigenvalue weighted by atomic mass is 16.7. The summed E-state index contributed by atoms with van der Waals surface area (Å²) in [5.41, 5.74) is 4.50. The van der Waals surface area contributed by atoms with Crippen LogP contribution in [0.2, 0.25) is 0 Å². The van der Waals surface area contributed by atoms with Crippen molar-refractivity contribution in [2.75, 3.05) is 21.3 Å². The van der Waals surface area contributed by atoms with Gasteiger partial charge in [-0.15, -0.1) is 0 Å². The molecular formula is C46H43NO9. The fourth-order valence-electron chi connectivity index (χ4n) is 9.99. The molecule has 10 nitrogen and oxygen atoms in total. The molecule has 1 N–H and O–H groups in total. The highest BCUT2D eigenvalue weighted by Crippen LogP contribution is 2.67. The molecule has 0 saturated carbocycles. The Bertz CT molecular complexity index is 2450. The maximum absolute atomic E-state index is 15.4. The van der Waals surface area contributed by atoms with Gasteiger partial charge in [0.1, 0.15) is 36.0 Å². The second-order valence-electron chi connectivity index (χ2n) is 15.7. The Kier molecular flexibility index (Phi) is 8.30. The molecule has 10 heteroatoms. The summed E-state index contributed by atoms with van der Waals surface area (Å²) in [4.78, 5) is 30.7. The molecule has 3 aromatic carbocycles. The summed E-state index contributed by atoms with van der Waals surface area (Å²) in [5, 5.41) is 16.3. The van der Waals surface area contributed by atoms with Crippen LogP contribution in [0.1, 0.15) is 77.5 Å². The quantitative estimate of drug-likeness (QED) is 0.101. The first-order chi connectivity index (χ1) is 27.0. The highest BCUT2D eigenvalue weighted by molar-refractivity contribution is 6.38. The van der Waals surface area contributed by atoms with Crippen molar-refractivity contribution in [1.82, 2.24) is 5.16 Å². The predicted molar refractivity (Wildman–Crippen MR) is 207 cm³/mol. The van der Waals surface area contributed by atoms with Gasteiger partial charge < -0.3 is 33.3 Å². The molecule has 1 spiro atoms. The largest absolute Gasteiger partial charge is 0.507 e. The molecule has 0 aliphatic heterocycles. The van der Waals surface area contributed by atoms with Gasteiger partial charge in [0.15, 0.2) is 11.5 Å². The summed E-state index contributed by atoms with van der Waals surface area (Å²) in [6, 6.07) is 21.0. The molecular weight excluding hydrogens is 711 g/mol. The number of carbonyl (C=O) groups is 2. The maximum Gasteiger partial charge on any atom is 0.265 e. The molecule has 0 amide bonds. The minimum absolute atomic E-state index is 0.0348. The summed E-state index contributed by atoms with van der Waals surface area (Å²) in [7, 11) is 4.61. The minimum Gasteiger partial charge on any atom is -0.507 e. The number of nitrogens with zero attached hydrogens (tertiary/aromatic N) is 1. The first kappa shape index (κ1) is 36.0. The Morgan fingerprint density at radius 1 is 0.857 bits per heavy atom. The fraction of sp³-hybridized carbons (Fsp3) is 0.326. The molecule has 0 bridgehead atoms. The zero-order valence-electron chi connectivity index (χ0n) is 32.3. The Morgan fingerprint density at radius 2 is 1.52 bits per heavy atom. The first-order valence-corrected chi connectivity index (χ1v) is 18.9. The number of allylic oxidation sites excluding steroid dienone is 4. The van der Waals surface area contributed by atoms with Crippen molar-refractivity contribution in [1.29, 1.82) is 0 Å². The molecule has 5 aliphatic rings. The third-order valence-corrected chi connectivity index (χ3v) is 12.7. The standard InChI is InChI=1S/C46H43NO9/c1-25-14-13-19-44(2,3)45(25)22-28-33-35(30(21-32(51-4)39(33)45)54-23-26-15-9-7-10-16-26)42(50)37-38(28)46(52-5,53-6)29-20-31-36(40(48)34(29)41(37)49)43(47-56-31)55-24-27-17-11-8-12-18-27/h7-12,14-18,21-22,29,48H,13,19-20,23-24H2,1-6H3/t29-,45-/m0/s1. The summed E-state index contributed by atoms with van der Waals surface area (Å²) in [6.45, 7) is 6.91. The topological polar surface area (TPSA) is 127 Å². The lowest BCUT2D eigenvalue weighted by molar-refractivity contribution is -0.205. The molecule has 286 valence electrons. The molecule has 2 atom stereocenters. The van der Waals surface area contributed by atoms with E-state index in [1.807, 2.05) is 60.7 Å². The summed E-state index contributed by atoms with van der Waals surface area (Å²) in [5.74, 6) is -3.01. The second kappa shape index (κ2) is 12.9. The van der Waals surface area contributed by atoms with E-state index in [-0.39, 0.29) is 59.0 Å². The van der Waals surface area contributed by atoms with E-state index in [2.05, 4.69) is 38.1 Å². The lowest BCUT2D eigenvalue weighted by Gasteiger charge is -2.48. The van der Waals surface area contributed by atoms with E-state index in [9.17, 15) is 5.11 Å². The van der Waals surface area contributed by atoms with Crippen molar-refractivity contribution in [2.24, 2.45) is 11.3 Å². The number of aliphatic hydroxyl groups excluding tert-OH is 1. The molecule has 0 saturated heterocycles. The average molecular weight is 754 g/mol. The van der Waals surface area contributed by atoms with Gasteiger partial charge in [-0.25, -0.2) is 0 Å². The molecule has 5 aliphatic carbocycles. The van der Waals surface area contributed by atoms with Crippen LogP contribution in [0, 0.1) is 11.3 Å². The molecule has 4 aromatic rings. The number of aromatic nitrogens is 1. The third-order valence-electron chi connectivity index (χ3n) is 12.7. The van der Waals surface area contributed by atoms with E-state index in [0.717, 1.165) is 35.1 Å². The molecule has 1 heterocycles. The van der Waals surface area contributed by atoms with Crippen LogP contribution in [-0.4, -0.2) is 48.9 Å². The summed E-state index contributed by atoms with van der Waals surface area (Å²) < 4.78 is 37.4. The van der Waals surface area contributed by atoms with Crippen LogP contribution in [0.4, 0.5) is 0 Å². The fourth-order valence-corrected chi connectivity index (χ4v) is 9.99. The number of carbonyl (C=O) groups excluding carboxylic acids is 2. The first-order valence-electron chi connectivity index (χ1n) is 18.9. The van der Waals surface area contributed by atoms with Crippen LogP contribution in [0.15, 0.2) is 106 Å². The molecule has 0 radical (unpaired) electrons. The predicted octanol–water partition coefficient (Wildman–Crippen LogP) is 8.45. The monoisotopic (exact) mass is 753 g/mol. The van der Waals surface area contributed by atoms with Gasteiger partial charge in [-0.2, -0.15) is 0 Å². The Hall–Kier alpha value is -5.71. The van der Waals surface area contributed by atoms with E-state index >= 15 is 9.59 Å². The van der Waals surface area contributed by atoms with Gasteiger partial charge in [0, 0.05) is 48.8 Å². The maximum atomic E-state index is 15.4. The molecule has 0 unspecified atom stereocenters. The third kappa shape index (κ3) is 4.78. The normalized spacial score (nSPS) is 22.6. The van der Waals surface area contributed by atoms with Gasteiger partial charge in [-0.3, -0.25) is 9.59 Å². The van der Waals surface area contributed by atoms with Gasteiger partial charge in [0.2, 0.25) is 11.6 Å². The van der Waals surface area contributed by atoms with E-state index in [1.165, 1.54) is 14.2 Å². The lowest BCUT2D eigenvalue weighted by atomic mass is 9.55. The Balaban J connectivity index is 1.28. The van der Waals surface area contributed by atoms with Crippen molar-refractivity contribution in [3.8, 4) is 17.4 Å². The van der Waals surface area contributed by atoms with Crippen LogP contribution in [-0.2, 0) is 39.3 Å². The van der Waals surface area contributed by atoms with Gasteiger partial charge in [-0.1, -0.05) is 92.2 Å². The number of benzene rings is 3. The summed E-state index contributed by atoms with van der Waals surface area (Å²) in [6.07, 6.45) is 6.26. The second-order valence-corrected chi connectivity index (χ2v) is 15.7. The number of ketones is 2. The van der Waals surface area contributed by atoms with E-state index < -0.39 is 34.4 Å². The van der Waals surface area contributed by atoms with Crippen molar-refractivity contribution < 1.29 is 42.9 Å². The van der Waals surface area contributed by atoms with Crippen LogP contribution in [0.25, 0.3) is 11.3 Å². The van der Waals surface area contributed by atoms with Gasteiger partial charge in [0.25, 0.3) is 5.88 Å². The van der Waals surface area contributed by atoms with Crippen LogP contribution < -0.4 is 14.2 Å². The van der Waals surface area contributed by atoms with Gasteiger partial charge >= 0.3 is 0 Å². The van der Waals surface area contributed by atoms with E-state index in [1.54, 1.807) is 13.2 Å². The highest BCUT2D eigenvalue weighted by Gasteiger charge is 2.64. The molecule has 9 rings (SSSR count). The zero-order valence-corrected chi connectivity index (χ0v) is 32.3. The molecule has 0 fully saturated rings. The van der Waals surface area contributed by atoms with E-state index in [4.69, 9.17) is 28.2 Å². The SMILES string of the molecule is COc1cc(OCc2ccccc2)c2c3c1[C@]1(C=C3C3=C(C(=O)C4=C(O)c5c(OCc6ccccc6)noc5C[C@@H]4C3(OC)OC)C2=O)C(C)=CCCC1(C)C. The minimum atomic E-state index is -1.71.